The monoisotopic (exact) mass is 253 g/mol. The van der Waals surface area contributed by atoms with Crippen LogP contribution in [-0.2, 0) is 4.79 Å². The molecule has 4 heteroatoms. The Kier molecular flexibility index (Phi) is 2.29. The zero-order valence-electron chi connectivity index (χ0n) is 7.25. The Morgan fingerprint density at radius 3 is 2.43 bits per heavy atom. The number of carbonyl (C=O) groups excluding carboxylic acids is 1. The van der Waals surface area contributed by atoms with Gasteiger partial charge in [0.25, 0.3) is 5.91 Å². The molecular weight excluding hydrogens is 246 g/mol. The number of carbonyl (C=O) groups is 1. The van der Waals surface area contributed by atoms with Crippen molar-refractivity contribution in [1.29, 1.82) is 0 Å². The van der Waals surface area contributed by atoms with Crippen LogP contribution in [0.4, 0.5) is 0 Å². The number of aliphatic hydroxyl groups excluding tert-OH is 1. The van der Waals surface area contributed by atoms with Gasteiger partial charge in [-0.05, 0) is 17.7 Å². The number of rotatable bonds is 1. The maximum absolute atomic E-state index is 11.3. The molecular formula is C10H8BrNO2. The quantitative estimate of drug-likeness (QED) is 0.803. The molecule has 0 saturated heterocycles. The van der Waals surface area contributed by atoms with Crippen molar-refractivity contribution in [3.8, 4) is 0 Å². The molecule has 14 heavy (non-hydrogen) atoms. The summed E-state index contributed by atoms with van der Waals surface area (Å²) in [5.41, 5.74) is 1.11. The number of aliphatic hydroxyl groups is 1. The smallest absolute Gasteiger partial charge is 0.255 e. The van der Waals surface area contributed by atoms with E-state index in [4.69, 9.17) is 0 Å². The van der Waals surface area contributed by atoms with Crippen molar-refractivity contribution in [1.82, 2.24) is 5.32 Å². The van der Waals surface area contributed by atoms with E-state index < -0.39 is 0 Å². The van der Waals surface area contributed by atoms with Gasteiger partial charge in [-0.15, -0.1) is 0 Å². The molecule has 0 unspecified atom stereocenters. The first-order chi connectivity index (χ1) is 6.68. The zero-order chi connectivity index (χ0) is 10.1. The van der Waals surface area contributed by atoms with Crippen molar-refractivity contribution in [2.75, 3.05) is 6.54 Å². The van der Waals surface area contributed by atoms with Crippen LogP contribution in [0.25, 0.3) is 5.57 Å². The summed E-state index contributed by atoms with van der Waals surface area (Å²) in [6.45, 7) is 0.226. The lowest BCUT2D eigenvalue weighted by molar-refractivity contribution is -0.114. The molecule has 1 aliphatic rings. The summed E-state index contributed by atoms with van der Waals surface area (Å²) in [5.74, 6) is -0.109. The molecule has 0 radical (unpaired) electrons. The third kappa shape index (κ3) is 1.53. The van der Waals surface area contributed by atoms with E-state index in [0.29, 0.717) is 5.57 Å². The average molecular weight is 254 g/mol. The van der Waals surface area contributed by atoms with Crippen LogP contribution in [0, 0.1) is 0 Å². The maximum Gasteiger partial charge on any atom is 0.255 e. The summed E-state index contributed by atoms with van der Waals surface area (Å²) in [6.07, 6.45) is 0. The van der Waals surface area contributed by atoms with Crippen LogP contribution in [0.5, 0.6) is 0 Å². The Labute approximate surface area is 89.6 Å². The van der Waals surface area contributed by atoms with E-state index in [1.54, 1.807) is 12.1 Å². The van der Waals surface area contributed by atoms with Crippen LogP contribution in [0.2, 0.25) is 0 Å². The molecule has 72 valence electrons. The van der Waals surface area contributed by atoms with Gasteiger partial charge in [0.2, 0.25) is 0 Å². The molecule has 1 aromatic carbocycles. The highest BCUT2D eigenvalue weighted by molar-refractivity contribution is 9.10. The molecule has 3 nitrogen and oxygen atoms in total. The van der Waals surface area contributed by atoms with E-state index in [2.05, 4.69) is 21.2 Å². The van der Waals surface area contributed by atoms with E-state index >= 15 is 0 Å². The predicted molar refractivity (Wildman–Crippen MR) is 56.7 cm³/mol. The second kappa shape index (κ2) is 3.46. The lowest BCUT2D eigenvalue weighted by Gasteiger charge is -2.00. The van der Waals surface area contributed by atoms with Crippen molar-refractivity contribution >= 4 is 27.4 Å². The van der Waals surface area contributed by atoms with Crippen molar-refractivity contribution in [3.05, 3.63) is 40.1 Å². The SMILES string of the molecule is O=C1NCC(O)=C1c1ccc(Br)cc1. The number of benzene rings is 1. The van der Waals surface area contributed by atoms with Gasteiger partial charge >= 0.3 is 0 Å². The lowest BCUT2D eigenvalue weighted by atomic mass is 10.1. The largest absolute Gasteiger partial charge is 0.510 e. The Bertz CT molecular complexity index is 409. The second-order valence-electron chi connectivity index (χ2n) is 3.01. The minimum absolute atomic E-state index is 0.109. The Balaban J connectivity index is 2.44. The van der Waals surface area contributed by atoms with Crippen molar-refractivity contribution in [2.24, 2.45) is 0 Å². The minimum Gasteiger partial charge on any atom is -0.510 e. The second-order valence-corrected chi connectivity index (χ2v) is 3.93. The van der Waals surface area contributed by atoms with Crippen molar-refractivity contribution in [3.63, 3.8) is 0 Å². The molecule has 0 aromatic heterocycles. The summed E-state index contributed by atoms with van der Waals surface area (Å²) < 4.78 is 0.944. The maximum atomic E-state index is 11.3. The molecule has 0 atom stereocenters. The van der Waals surface area contributed by atoms with Gasteiger partial charge in [0, 0.05) is 4.47 Å². The first-order valence-electron chi connectivity index (χ1n) is 4.15. The number of hydrogen-bond donors (Lipinski definition) is 2. The lowest BCUT2D eigenvalue weighted by Crippen LogP contribution is -2.16. The van der Waals surface area contributed by atoms with E-state index in [0.717, 1.165) is 10.0 Å². The van der Waals surface area contributed by atoms with Crippen LogP contribution < -0.4 is 5.32 Å². The Hall–Kier alpha value is -1.29. The fourth-order valence-corrected chi connectivity index (χ4v) is 1.65. The molecule has 1 heterocycles. The van der Waals surface area contributed by atoms with E-state index in [1.807, 2.05) is 12.1 Å². The third-order valence-electron chi connectivity index (χ3n) is 2.06. The van der Waals surface area contributed by atoms with Crippen LogP contribution in [-0.4, -0.2) is 17.6 Å². The van der Waals surface area contributed by atoms with Gasteiger partial charge in [-0.25, -0.2) is 0 Å². The molecule has 0 saturated carbocycles. The van der Waals surface area contributed by atoms with Gasteiger partial charge in [0.05, 0.1) is 12.1 Å². The molecule has 1 aromatic rings. The highest BCUT2D eigenvalue weighted by atomic mass is 79.9. The predicted octanol–water partition coefficient (Wildman–Crippen LogP) is 1.85. The molecule has 0 spiro atoms. The first kappa shape index (κ1) is 9.27. The van der Waals surface area contributed by atoms with Crippen molar-refractivity contribution in [2.45, 2.75) is 0 Å². The first-order valence-corrected chi connectivity index (χ1v) is 4.94. The van der Waals surface area contributed by atoms with Gasteiger partial charge in [-0.2, -0.15) is 0 Å². The minimum atomic E-state index is -0.218. The van der Waals surface area contributed by atoms with Gasteiger partial charge in [-0.3, -0.25) is 4.79 Å². The summed E-state index contributed by atoms with van der Waals surface area (Å²) in [4.78, 5) is 11.3. The zero-order valence-corrected chi connectivity index (χ0v) is 8.84. The molecule has 2 N–H and O–H groups in total. The number of amides is 1. The van der Waals surface area contributed by atoms with E-state index in [-0.39, 0.29) is 18.2 Å². The topological polar surface area (TPSA) is 49.3 Å². The Morgan fingerprint density at radius 2 is 1.93 bits per heavy atom. The summed E-state index contributed by atoms with van der Waals surface area (Å²) in [6, 6.07) is 7.25. The van der Waals surface area contributed by atoms with Gasteiger partial charge in [0.1, 0.15) is 5.76 Å². The molecule has 1 aliphatic heterocycles. The number of nitrogens with one attached hydrogen (secondary N) is 1. The van der Waals surface area contributed by atoms with Crippen LogP contribution in [0.1, 0.15) is 5.56 Å². The normalized spacial score (nSPS) is 15.9. The standard InChI is InChI=1S/C10H8BrNO2/c11-7-3-1-6(2-4-7)9-8(13)5-12-10(9)14/h1-4,13H,5H2,(H,12,14). The van der Waals surface area contributed by atoms with Crippen molar-refractivity contribution < 1.29 is 9.90 Å². The van der Waals surface area contributed by atoms with Gasteiger partial charge in [-0.1, -0.05) is 28.1 Å². The van der Waals surface area contributed by atoms with Crippen LogP contribution >= 0.6 is 15.9 Å². The number of hydrogen-bond acceptors (Lipinski definition) is 2. The van der Waals surface area contributed by atoms with Crippen LogP contribution in [0.15, 0.2) is 34.5 Å². The Morgan fingerprint density at radius 1 is 1.29 bits per heavy atom. The van der Waals surface area contributed by atoms with E-state index in [1.165, 1.54) is 0 Å². The highest BCUT2D eigenvalue weighted by Crippen LogP contribution is 2.23. The van der Waals surface area contributed by atoms with Crippen LogP contribution in [0.3, 0.4) is 0 Å². The third-order valence-corrected chi connectivity index (χ3v) is 2.59. The summed E-state index contributed by atoms with van der Waals surface area (Å²) in [7, 11) is 0. The summed E-state index contributed by atoms with van der Waals surface area (Å²) >= 11 is 3.31. The molecule has 0 aliphatic carbocycles. The van der Waals surface area contributed by atoms with E-state index in [9.17, 15) is 9.90 Å². The molecule has 1 amide bonds. The summed E-state index contributed by atoms with van der Waals surface area (Å²) in [5, 5.41) is 12.0. The van der Waals surface area contributed by atoms with Gasteiger partial charge in [0.15, 0.2) is 0 Å². The highest BCUT2D eigenvalue weighted by Gasteiger charge is 2.23. The molecule has 0 fully saturated rings. The average Bonchev–Trinajstić information content (AvgIpc) is 2.49. The fourth-order valence-electron chi connectivity index (χ4n) is 1.39. The van der Waals surface area contributed by atoms with Gasteiger partial charge < -0.3 is 10.4 Å². The molecule has 0 bridgehead atoms. The number of halogens is 1. The molecule has 2 rings (SSSR count). The fraction of sp³-hybridized carbons (Fsp3) is 0.100.